The second-order valence-corrected chi connectivity index (χ2v) is 8.35. The molecule has 0 bridgehead atoms. The molecular formula is C21H23ClN6OS. The van der Waals surface area contributed by atoms with Crippen LogP contribution in [0.1, 0.15) is 30.0 Å². The maximum Gasteiger partial charge on any atom is 0.232 e. The predicted octanol–water partition coefficient (Wildman–Crippen LogP) is 4.35. The summed E-state index contributed by atoms with van der Waals surface area (Å²) in [6.45, 7) is 2.39. The summed E-state index contributed by atoms with van der Waals surface area (Å²) in [5, 5.41) is 6.62. The van der Waals surface area contributed by atoms with Crippen LogP contribution in [-0.2, 0) is 11.3 Å². The van der Waals surface area contributed by atoms with E-state index >= 15 is 0 Å². The van der Waals surface area contributed by atoms with Gasteiger partial charge in [0.2, 0.25) is 17.8 Å². The number of thioether (sulfide) groups is 1. The summed E-state index contributed by atoms with van der Waals surface area (Å²) in [5.41, 5.74) is 7.61. The van der Waals surface area contributed by atoms with Gasteiger partial charge in [0.1, 0.15) is 5.82 Å². The minimum atomic E-state index is -0.0389. The van der Waals surface area contributed by atoms with Crippen molar-refractivity contribution in [1.82, 2.24) is 20.3 Å². The van der Waals surface area contributed by atoms with E-state index in [-0.39, 0.29) is 17.1 Å². The highest BCUT2D eigenvalue weighted by Crippen LogP contribution is 2.27. The Hall–Kier alpha value is -2.84. The zero-order valence-electron chi connectivity index (χ0n) is 16.5. The molecule has 2 aromatic carbocycles. The summed E-state index contributed by atoms with van der Waals surface area (Å²) < 4.78 is 0. The summed E-state index contributed by atoms with van der Waals surface area (Å²) in [6, 6.07) is 17.1. The average Bonchev–Trinajstić information content (AvgIpc) is 2.73. The number of benzene rings is 2. The smallest absolute Gasteiger partial charge is 0.232 e. The van der Waals surface area contributed by atoms with Gasteiger partial charge in [0, 0.05) is 29.4 Å². The second-order valence-electron chi connectivity index (χ2n) is 6.50. The lowest BCUT2D eigenvalue weighted by atomic mass is 10.2. The Morgan fingerprint density at radius 3 is 2.60 bits per heavy atom. The third kappa shape index (κ3) is 6.60. The Morgan fingerprint density at radius 1 is 1.10 bits per heavy atom. The third-order valence-corrected chi connectivity index (χ3v) is 5.71. The fourth-order valence-corrected chi connectivity index (χ4v) is 3.74. The Labute approximate surface area is 184 Å². The van der Waals surface area contributed by atoms with Crippen molar-refractivity contribution in [2.75, 3.05) is 16.8 Å². The highest BCUT2D eigenvalue weighted by Gasteiger charge is 2.14. The number of aromatic nitrogens is 3. The topological polar surface area (TPSA) is 106 Å². The number of hydrogen-bond donors (Lipinski definition) is 3. The molecule has 9 heteroatoms. The molecule has 3 aromatic rings. The van der Waals surface area contributed by atoms with E-state index in [0.29, 0.717) is 35.5 Å². The molecular weight excluding hydrogens is 420 g/mol. The molecule has 1 atom stereocenters. The molecule has 1 aromatic heterocycles. The SMILES string of the molecule is CC(SCCC(=O)NCc1ccccc1Cl)c1nc(N)nc(Nc2ccccc2)n1. The number of carbonyl (C=O) groups is 1. The lowest BCUT2D eigenvalue weighted by Gasteiger charge is -2.12. The average molecular weight is 443 g/mol. The second kappa shape index (κ2) is 10.8. The molecule has 0 aliphatic heterocycles. The maximum atomic E-state index is 12.1. The number of hydrogen-bond acceptors (Lipinski definition) is 7. The lowest BCUT2D eigenvalue weighted by molar-refractivity contribution is -0.120. The number of nitrogens with zero attached hydrogens (tertiary/aromatic N) is 3. The first-order valence-electron chi connectivity index (χ1n) is 9.46. The van der Waals surface area contributed by atoms with Crippen LogP contribution >= 0.6 is 23.4 Å². The van der Waals surface area contributed by atoms with Crippen molar-refractivity contribution in [3.63, 3.8) is 0 Å². The van der Waals surface area contributed by atoms with Crippen molar-refractivity contribution >= 4 is 46.9 Å². The Kier molecular flexibility index (Phi) is 7.87. The first kappa shape index (κ1) is 21.9. The monoisotopic (exact) mass is 442 g/mol. The number of rotatable bonds is 9. The number of halogens is 1. The van der Waals surface area contributed by atoms with E-state index in [4.69, 9.17) is 17.3 Å². The van der Waals surface area contributed by atoms with Crippen molar-refractivity contribution in [3.05, 3.63) is 71.0 Å². The number of nitrogens with two attached hydrogens (primary N) is 1. The molecule has 30 heavy (non-hydrogen) atoms. The van der Waals surface area contributed by atoms with Crippen LogP contribution in [0.4, 0.5) is 17.6 Å². The van der Waals surface area contributed by atoms with Gasteiger partial charge in [-0.25, -0.2) is 0 Å². The maximum absolute atomic E-state index is 12.1. The summed E-state index contributed by atoms with van der Waals surface area (Å²) in [7, 11) is 0. The van der Waals surface area contributed by atoms with Gasteiger partial charge in [0.25, 0.3) is 0 Å². The molecule has 156 valence electrons. The van der Waals surface area contributed by atoms with E-state index < -0.39 is 0 Å². The normalized spacial score (nSPS) is 11.7. The standard InChI is InChI=1S/C21H23ClN6OS/c1-14(30-12-11-18(29)24-13-15-7-5-6-10-17(15)22)19-26-20(23)28-21(27-19)25-16-8-3-2-4-9-16/h2-10,14H,11-13H2,1H3,(H,24,29)(H3,23,25,26,27,28). The number of anilines is 3. The Morgan fingerprint density at radius 2 is 1.83 bits per heavy atom. The minimum absolute atomic E-state index is 0.0313. The molecule has 0 radical (unpaired) electrons. The van der Waals surface area contributed by atoms with E-state index in [1.165, 1.54) is 0 Å². The van der Waals surface area contributed by atoms with Crippen molar-refractivity contribution in [3.8, 4) is 0 Å². The van der Waals surface area contributed by atoms with Gasteiger partial charge in [0.05, 0.1) is 5.25 Å². The largest absolute Gasteiger partial charge is 0.368 e. The van der Waals surface area contributed by atoms with E-state index in [0.717, 1.165) is 11.3 Å². The molecule has 0 aliphatic rings. The zero-order chi connectivity index (χ0) is 21.3. The van der Waals surface area contributed by atoms with E-state index in [1.54, 1.807) is 11.8 Å². The van der Waals surface area contributed by atoms with Crippen LogP contribution in [0.5, 0.6) is 0 Å². The Bertz CT molecular complexity index is 988. The van der Waals surface area contributed by atoms with Gasteiger partial charge in [-0.15, -0.1) is 0 Å². The van der Waals surface area contributed by atoms with E-state index in [9.17, 15) is 4.79 Å². The molecule has 1 unspecified atom stereocenters. The number of para-hydroxylation sites is 1. The van der Waals surface area contributed by atoms with Gasteiger partial charge in [0.15, 0.2) is 0 Å². The molecule has 0 fully saturated rings. The first-order valence-corrected chi connectivity index (χ1v) is 10.9. The molecule has 4 N–H and O–H groups in total. The molecule has 3 rings (SSSR count). The molecule has 0 aliphatic carbocycles. The molecule has 0 saturated carbocycles. The van der Waals surface area contributed by atoms with Gasteiger partial charge in [-0.05, 0) is 30.7 Å². The highest BCUT2D eigenvalue weighted by atomic mass is 35.5. The van der Waals surface area contributed by atoms with Crippen molar-refractivity contribution in [2.45, 2.75) is 25.1 Å². The fourth-order valence-electron chi connectivity index (χ4n) is 2.62. The number of nitrogen functional groups attached to an aromatic ring is 1. The quantitative estimate of drug-likeness (QED) is 0.452. The summed E-state index contributed by atoms with van der Waals surface area (Å²) in [6.07, 6.45) is 0.384. The van der Waals surface area contributed by atoms with Crippen LogP contribution in [0.15, 0.2) is 54.6 Å². The van der Waals surface area contributed by atoms with Crippen LogP contribution in [0.3, 0.4) is 0 Å². The summed E-state index contributed by atoms with van der Waals surface area (Å²) in [4.78, 5) is 25.0. The van der Waals surface area contributed by atoms with Crippen LogP contribution < -0.4 is 16.4 Å². The van der Waals surface area contributed by atoms with Crippen LogP contribution in [0, 0.1) is 0 Å². The minimum Gasteiger partial charge on any atom is -0.368 e. The Balaban J connectivity index is 1.49. The van der Waals surface area contributed by atoms with Crippen molar-refractivity contribution in [1.29, 1.82) is 0 Å². The molecule has 0 spiro atoms. The van der Waals surface area contributed by atoms with Crippen molar-refractivity contribution < 1.29 is 4.79 Å². The third-order valence-electron chi connectivity index (χ3n) is 4.19. The fraction of sp³-hybridized carbons (Fsp3) is 0.238. The molecule has 7 nitrogen and oxygen atoms in total. The number of carbonyl (C=O) groups excluding carboxylic acids is 1. The van der Waals surface area contributed by atoms with E-state index in [2.05, 4.69) is 25.6 Å². The van der Waals surface area contributed by atoms with E-state index in [1.807, 2.05) is 61.5 Å². The number of amides is 1. The van der Waals surface area contributed by atoms with Gasteiger partial charge in [-0.3, -0.25) is 4.79 Å². The first-order chi connectivity index (χ1) is 14.5. The zero-order valence-corrected chi connectivity index (χ0v) is 18.1. The lowest BCUT2D eigenvalue weighted by Crippen LogP contribution is -2.23. The predicted molar refractivity (Wildman–Crippen MR) is 123 cm³/mol. The van der Waals surface area contributed by atoms with Gasteiger partial charge >= 0.3 is 0 Å². The van der Waals surface area contributed by atoms with Crippen LogP contribution in [0.2, 0.25) is 5.02 Å². The summed E-state index contributed by atoms with van der Waals surface area (Å²) in [5.74, 6) is 1.72. The molecule has 1 heterocycles. The van der Waals surface area contributed by atoms with Crippen molar-refractivity contribution in [2.24, 2.45) is 0 Å². The van der Waals surface area contributed by atoms with Crippen LogP contribution in [0.25, 0.3) is 0 Å². The van der Waals surface area contributed by atoms with Gasteiger partial charge in [-0.2, -0.15) is 26.7 Å². The summed E-state index contributed by atoms with van der Waals surface area (Å²) >= 11 is 7.69. The van der Waals surface area contributed by atoms with Gasteiger partial charge < -0.3 is 16.4 Å². The number of nitrogens with one attached hydrogen (secondary N) is 2. The van der Waals surface area contributed by atoms with Crippen LogP contribution in [-0.4, -0.2) is 26.6 Å². The molecule has 0 saturated heterocycles. The van der Waals surface area contributed by atoms with Gasteiger partial charge in [-0.1, -0.05) is 48.0 Å². The molecule has 1 amide bonds. The highest BCUT2D eigenvalue weighted by molar-refractivity contribution is 7.99.